The third-order valence-corrected chi connectivity index (χ3v) is 3.80. The van der Waals surface area contributed by atoms with Crippen LogP contribution in [-0.2, 0) is 6.42 Å². The average molecular weight is 249 g/mol. The molecule has 19 heavy (non-hydrogen) atoms. The molecule has 3 rings (SSSR count). The number of benzene rings is 2. The molecule has 0 bridgehead atoms. The van der Waals surface area contributed by atoms with Crippen LogP contribution in [0.1, 0.15) is 35.2 Å². The minimum absolute atomic E-state index is 0.467. The highest BCUT2D eigenvalue weighted by atomic mass is 14.9. The maximum absolute atomic E-state index is 3.52. The first-order valence-corrected chi connectivity index (χ1v) is 6.93. The van der Waals surface area contributed by atoms with E-state index in [4.69, 9.17) is 0 Å². The lowest BCUT2D eigenvalue weighted by molar-refractivity contribution is 0.540. The number of rotatable bonds is 2. The van der Waals surface area contributed by atoms with Crippen LogP contribution in [-0.4, -0.2) is 6.54 Å². The second-order valence-corrected chi connectivity index (χ2v) is 5.08. The van der Waals surface area contributed by atoms with E-state index >= 15 is 0 Å². The van der Waals surface area contributed by atoms with E-state index in [-0.39, 0.29) is 0 Å². The smallest absolute Gasteiger partial charge is 0.0294 e. The molecular weight excluding hydrogens is 230 g/mol. The van der Waals surface area contributed by atoms with E-state index < -0.39 is 0 Å². The summed E-state index contributed by atoms with van der Waals surface area (Å²) >= 11 is 0. The van der Waals surface area contributed by atoms with Crippen LogP contribution in [0.3, 0.4) is 0 Å². The van der Waals surface area contributed by atoms with Crippen LogP contribution in [0.25, 0.3) is 12.2 Å². The Kier molecular flexibility index (Phi) is 3.47. The topological polar surface area (TPSA) is 12.0 Å². The summed E-state index contributed by atoms with van der Waals surface area (Å²) in [4.78, 5) is 0. The van der Waals surface area contributed by atoms with Crippen LogP contribution in [0.15, 0.2) is 48.5 Å². The number of hydrogen-bond donors (Lipinski definition) is 1. The molecular formula is C18H19N. The van der Waals surface area contributed by atoms with Crippen LogP contribution in [0.4, 0.5) is 0 Å². The van der Waals surface area contributed by atoms with Gasteiger partial charge in [0.15, 0.2) is 0 Å². The van der Waals surface area contributed by atoms with Gasteiger partial charge in [-0.3, -0.25) is 0 Å². The first-order chi connectivity index (χ1) is 9.34. The lowest BCUT2D eigenvalue weighted by Crippen LogP contribution is -2.28. The molecule has 2 aromatic rings. The minimum Gasteiger partial charge on any atom is -0.310 e. The number of hydrogen-bond acceptors (Lipinski definition) is 1. The second-order valence-electron chi connectivity index (χ2n) is 5.08. The molecule has 1 N–H and O–H groups in total. The van der Waals surface area contributed by atoms with Gasteiger partial charge < -0.3 is 5.32 Å². The van der Waals surface area contributed by atoms with Crippen molar-refractivity contribution in [3.8, 4) is 0 Å². The third-order valence-electron chi connectivity index (χ3n) is 3.80. The molecule has 0 fully saturated rings. The summed E-state index contributed by atoms with van der Waals surface area (Å²) in [5.41, 5.74) is 5.55. The number of nitrogens with one attached hydrogen (secondary N) is 1. The Morgan fingerprint density at radius 2 is 1.84 bits per heavy atom. The van der Waals surface area contributed by atoms with E-state index in [1.807, 2.05) is 0 Å². The van der Waals surface area contributed by atoms with Gasteiger partial charge in [-0.05, 0) is 42.1 Å². The molecule has 2 aromatic carbocycles. The van der Waals surface area contributed by atoms with E-state index in [1.54, 1.807) is 0 Å². The van der Waals surface area contributed by atoms with Gasteiger partial charge in [0.25, 0.3) is 0 Å². The predicted molar refractivity (Wildman–Crippen MR) is 81.9 cm³/mol. The van der Waals surface area contributed by atoms with Gasteiger partial charge >= 0.3 is 0 Å². The first kappa shape index (κ1) is 12.2. The van der Waals surface area contributed by atoms with Crippen molar-refractivity contribution in [2.75, 3.05) is 6.54 Å². The van der Waals surface area contributed by atoms with Gasteiger partial charge in [0.1, 0.15) is 0 Å². The highest BCUT2D eigenvalue weighted by Gasteiger charge is 2.16. The molecule has 1 heterocycles. The third kappa shape index (κ3) is 2.61. The molecule has 0 aromatic heterocycles. The largest absolute Gasteiger partial charge is 0.310 e. The minimum atomic E-state index is 0.467. The normalized spacial score (nSPS) is 18.5. The molecule has 1 heteroatoms. The Hall–Kier alpha value is -1.86. The van der Waals surface area contributed by atoms with Crippen molar-refractivity contribution in [3.63, 3.8) is 0 Å². The summed E-state index contributed by atoms with van der Waals surface area (Å²) in [6, 6.07) is 17.6. The standard InChI is InChI=1S/C18H19N/c1-14-17-9-5-8-16(18(17)12-13-19-14)11-10-15-6-3-2-4-7-15/h2-11,14,19H,12-13H2,1H3/b11-10+. The number of fused-ring (bicyclic) bond motifs is 1. The van der Waals surface area contributed by atoms with Gasteiger partial charge in [-0.25, -0.2) is 0 Å². The van der Waals surface area contributed by atoms with Gasteiger partial charge in [0, 0.05) is 6.04 Å². The average Bonchev–Trinajstić information content (AvgIpc) is 2.47. The van der Waals surface area contributed by atoms with Crippen LogP contribution in [0.5, 0.6) is 0 Å². The van der Waals surface area contributed by atoms with Crippen molar-refractivity contribution in [1.29, 1.82) is 0 Å². The lowest BCUT2D eigenvalue weighted by Gasteiger charge is -2.25. The van der Waals surface area contributed by atoms with Crippen molar-refractivity contribution in [2.45, 2.75) is 19.4 Å². The zero-order valence-corrected chi connectivity index (χ0v) is 11.3. The van der Waals surface area contributed by atoms with E-state index in [2.05, 4.69) is 72.9 Å². The monoisotopic (exact) mass is 249 g/mol. The first-order valence-electron chi connectivity index (χ1n) is 6.93. The van der Waals surface area contributed by atoms with Gasteiger partial charge in [-0.1, -0.05) is 60.7 Å². The molecule has 1 unspecified atom stereocenters. The fourth-order valence-corrected chi connectivity index (χ4v) is 2.75. The summed E-state index contributed by atoms with van der Waals surface area (Å²) < 4.78 is 0. The molecule has 0 radical (unpaired) electrons. The zero-order valence-electron chi connectivity index (χ0n) is 11.3. The quantitative estimate of drug-likeness (QED) is 0.791. The summed E-state index contributed by atoms with van der Waals surface area (Å²) in [6.45, 7) is 3.31. The lowest BCUT2D eigenvalue weighted by atomic mass is 9.91. The molecule has 0 spiro atoms. The fraction of sp³-hybridized carbons (Fsp3) is 0.222. The van der Waals surface area contributed by atoms with Crippen molar-refractivity contribution in [3.05, 3.63) is 70.8 Å². The second kappa shape index (κ2) is 5.41. The van der Waals surface area contributed by atoms with Crippen molar-refractivity contribution >= 4 is 12.2 Å². The Labute approximate surface area is 115 Å². The maximum Gasteiger partial charge on any atom is 0.0294 e. The van der Waals surface area contributed by atoms with Crippen LogP contribution < -0.4 is 5.32 Å². The van der Waals surface area contributed by atoms with Crippen molar-refractivity contribution in [1.82, 2.24) is 5.32 Å². The van der Waals surface area contributed by atoms with E-state index in [0.717, 1.165) is 13.0 Å². The highest BCUT2D eigenvalue weighted by Crippen LogP contribution is 2.26. The molecule has 0 aliphatic carbocycles. The van der Waals surface area contributed by atoms with Crippen molar-refractivity contribution < 1.29 is 0 Å². The van der Waals surface area contributed by atoms with Crippen molar-refractivity contribution in [2.24, 2.45) is 0 Å². The molecule has 1 nitrogen and oxygen atoms in total. The van der Waals surface area contributed by atoms with Crippen LogP contribution >= 0.6 is 0 Å². The maximum atomic E-state index is 3.52. The molecule has 1 aliphatic heterocycles. The van der Waals surface area contributed by atoms with Gasteiger partial charge in [-0.15, -0.1) is 0 Å². The summed E-state index contributed by atoms with van der Waals surface area (Å²) in [5, 5.41) is 3.52. The fourth-order valence-electron chi connectivity index (χ4n) is 2.75. The Balaban J connectivity index is 1.94. The van der Waals surface area contributed by atoms with E-state index in [1.165, 1.54) is 22.3 Å². The van der Waals surface area contributed by atoms with Gasteiger partial charge in [0.05, 0.1) is 0 Å². The Bertz CT molecular complexity index is 584. The molecule has 1 atom stereocenters. The van der Waals surface area contributed by atoms with Crippen LogP contribution in [0, 0.1) is 0 Å². The summed E-state index contributed by atoms with van der Waals surface area (Å²) in [7, 11) is 0. The molecule has 0 saturated heterocycles. The van der Waals surface area contributed by atoms with Gasteiger partial charge in [-0.2, -0.15) is 0 Å². The van der Waals surface area contributed by atoms with Crippen LogP contribution in [0.2, 0.25) is 0 Å². The highest BCUT2D eigenvalue weighted by molar-refractivity contribution is 5.72. The van der Waals surface area contributed by atoms with Gasteiger partial charge in [0.2, 0.25) is 0 Å². The van der Waals surface area contributed by atoms with E-state index in [0.29, 0.717) is 6.04 Å². The molecule has 96 valence electrons. The zero-order chi connectivity index (χ0) is 13.1. The Morgan fingerprint density at radius 3 is 2.68 bits per heavy atom. The predicted octanol–water partition coefficient (Wildman–Crippen LogP) is 4.06. The SMILES string of the molecule is CC1NCCc2c(/C=C/c3ccccc3)cccc21. The molecule has 0 saturated carbocycles. The Morgan fingerprint density at radius 1 is 1.00 bits per heavy atom. The molecule has 0 amide bonds. The summed E-state index contributed by atoms with van der Waals surface area (Å²) in [6.07, 6.45) is 5.56. The molecule has 1 aliphatic rings. The van der Waals surface area contributed by atoms with E-state index in [9.17, 15) is 0 Å². The summed E-state index contributed by atoms with van der Waals surface area (Å²) in [5.74, 6) is 0.